The molecule has 2 N–H and O–H groups in total. The van der Waals surface area contributed by atoms with Gasteiger partial charge in [0.25, 0.3) is 0 Å². The predicted molar refractivity (Wildman–Crippen MR) is 72.8 cm³/mol. The van der Waals surface area contributed by atoms with E-state index in [1.54, 1.807) is 11.3 Å². The van der Waals surface area contributed by atoms with Crippen molar-refractivity contribution < 1.29 is 0 Å². The third-order valence-electron chi connectivity index (χ3n) is 3.73. The minimum Gasteiger partial charge on any atom is -0.325 e. The highest BCUT2D eigenvalue weighted by Crippen LogP contribution is 2.25. The second kappa shape index (κ2) is 5.94. The van der Waals surface area contributed by atoms with Crippen LogP contribution in [-0.4, -0.2) is 23.0 Å². The van der Waals surface area contributed by atoms with Crippen LogP contribution < -0.4 is 5.73 Å². The van der Waals surface area contributed by atoms with Crippen molar-refractivity contribution in [2.24, 2.45) is 17.6 Å². The maximum Gasteiger partial charge on any atom is 0.106 e. The normalized spacial score (nSPS) is 19.1. The van der Waals surface area contributed by atoms with Gasteiger partial charge in [0.2, 0.25) is 0 Å². The van der Waals surface area contributed by atoms with Gasteiger partial charge in [0, 0.05) is 18.5 Å². The molecule has 0 amide bonds. The molecule has 1 aliphatic rings. The molecule has 4 heteroatoms. The Hall–Kier alpha value is -0.450. The smallest absolute Gasteiger partial charge is 0.106 e. The van der Waals surface area contributed by atoms with Gasteiger partial charge in [0.1, 0.15) is 5.01 Å². The first-order valence-corrected chi connectivity index (χ1v) is 7.42. The van der Waals surface area contributed by atoms with Gasteiger partial charge in [-0.1, -0.05) is 13.8 Å². The number of nitrogens with zero attached hydrogens (tertiary/aromatic N) is 2. The average Bonchev–Trinajstić information content (AvgIpc) is 2.77. The van der Waals surface area contributed by atoms with E-state index in [0.717, 1.165) is 23.4 Å². The maximum absolute atomic E-state index is 5.58. The molecule has 3 nitrogen and oxygen atoms in total. The molecule has 96 valence electrons. The number of rotatable bonds is 4. The Morgan fingerprint density at radius 1 is 1.47 bits per heavy atom. The van der Waals surface area contributed by atoms with Gasteiger partial charge in [-0.2, -0.15) is 0 Å². The van der Waals surface area contributed by atoms with Crippen molar-refractivity contribution in [2.75, 3.05) is 13.1 Å². The molecule has 17 heavy (non-hydrogen) atoms. The van der Waals surface area contributed by atoms with Gasteiger partial charge < -0.3 is 5.73 Å². The van der Waals surface area contributed by atoms with Crippen molar-refractivity contribution in [2.45, 2.75) is 39.8 Å². The standard InChI is InChI=1S/C13H23N3S/c1-10(2)11-3-5-16(6-4-11)8-12-9-17-13(7-14)15-12/h9-11H,3-8,14H2,1-2H3. The third kappa shape index (κ3) is 3.50. The number of thiazole rings is 1. The summed E-state index contributed by atoms with van der Waals surface area (Å²) in [5.74, 6) is 1.75. The summed E-state index contributed by atoms with van der Waals surface area (Å²) in [6.07, 6.45) is 2.68. The molecule has 0 unspecified atom stereocenters. The molecule has 0 bridgehead atoms. The van der Waals surface area contributed by atoms with Crippen LogP contribution in [0.3, 0.4) is 0 Å². The number of aromatic nitrogens is 1. The van der Waals surface area contributed by atoms with Crippen LogP contribution in [0, 0.1) is 11.8 Å². The topological polar surface area (TPSA) is 42.1 Å². The molecule has 2 heterocycles. The highest BCUT2D eigenvalue weighted by Gasteiger charge is 2.21. The molecule has 0 aromatic carbocycles. The SMILES string of the molecule is CC(C)C1CCN(Cc2csc(CN)n2)CC1. The lowest BCUT2D eigenvalue weighted by Gasteiger charge is -2.33. The van der Waals surface area contributed by atoms with E-state index < -0.39 is 0 Å². The van der Waals surface area contributed by atoms with E-state index in [9.17, 15) is 0 Å². The van der Waals surface area contributed by atoms with Crippen LogP contribution in [-0.2, 0) is 13.1 Å². The first-order valence-electron chi connectivity index (χ1n) is 6.54. The second-order valence-corrected chi connectivity index (χ2v) is 6.24. The fourth-order valence-corrected chi connectivity index (χ4v) is 3.19. The van der Waals surface area contributed by atoms with Crippen LogP contribution in [0.15, 0.2) is 5.38 Å². The first kappa shape index (κ1) is 13.0. The zero-order valence-corrected chi connectivity index (χ0v) is 11.7. The predicted octanol–water partition coefficient (Wildman–Crippen LogP) is 2.47. The largest absolute Gasteiger partial charge is 0.325 e. The molecule has 1 aromatic rings. The van der Waals surface area contributed by atoms with Gasteiger partial charge >= 0.3 is 0 Å². The van der Waals surface area contributed by atoms with Crippen LogP contribution >= 0.6 is 11.3 Å². The Bertz CT molecular complexity index is 340. The van der Waals surface area contributed by atoms with Crippen LogP contribution in [0.4, 0.5) is 0 Å². The Balaban J connectivity index is 1.81. The molecule has 0 aliphatic carbocycles. The van der Waals surface area contributed by atoms with E-state index in [1.165, 1.54) is 31.6 Å². The van der Waals surface area contributed by atoms with Crippen LogP contribution in [0.25, 0.3) is 0 Å². The summed E-state index contributed by atoms with van der Waals surface area (Å²) in [5.41, 5.74) is 6.78. The lowest BCUT2D eigenvalue weighted by molar-refractivity contribution is 0.151. The van der Waals surface area contributed by atoms with Gasteiger partial charge in [-0.15, -0.1) is 11.3 Å². The van der Waals surface area contributed by atoms with E-state index in [0.29, 0.717) is 6.54 Å². The average molecular weight is 253 g/mol. The highest BCUT2D eigenvalue weighted by molar-refractivity contribution is 7.09. The Morgan fingerprint density at radius 3 is 2.71 bits per heavy atom. The lowest BCUT2D eigenvalue weighted by atomic mass is 9.87. The molecule has 0 spiro atoms. The minimum absolute atomic E-state index is 0.570. The van der Waals surface area contributed by atoms with E-state index in [1.807, 2.05) is 0 Å². The fourth-order valence-electron chi connectivity index (χ4n) is 2.52. The van der Waals surface area contributed by atoms with Crippen LogP contribution in [0.2, 0.25) is 0 Å². The van der Waals surface area contributed by atoms with Crippen molar-refractivity contribution in [3.8, 4) is 0 Å². The van der Waals surface area contributed by atoms with Crippen molar-refractivity contribution in [3.63, 3.8) is 0 Å². The third-order valence-corrected chi connectivity index (χ3v) is 4.65. The summed E-state index contributed by atoms with van der Waals surface area (Å²) >= 11 is 1.68. The second-order valence-electron chi connectivity index (χ2n) is 5.29. The molecule has 0 radical (unpaired) electrons. The fraction of sp³-hybridized carbons (Fsp3) is 0.769. The van der Waals surface area contributed by atoms with Gasteiger partial charge in [-0.05, 0) is 37.8 Å². The van der Waals surface area contributed by atoms with Gasteiger partial charge in [-0.3, -0.25) is 4.90 Å². The molecule has 1 saturated heterocycles. The highest BCUT2D eigenvalue weighted by atomic mass is 32.1. The Kier molecular flexibility index (Phi) is 4.54. The molecule has 0 atom stereocenters. The number of hydrogen-bond acceptors (Lipinski definition) is 4. The first-order chi connectivity index (χ1) is 8.19. The summed E-state index contributed by atoms with van der Waals surface area (Å²) in [4.78, 5) is 7.05. The molecular formula is C13H23N3S. The molecule has 1 aromatic heterocycles. The monoisotopic (exact) mass is 253 g/mol. The summed E-state index contributed by atoms with van der Waals surface area (Å²) in [6, 6.07) is 0. The van der Waals surface area contributed by atoms with Gasteiger partial charge in [0.05, 0.1) is 5.69 Å². The quantitative estimate of drug-likeness (QED) is 0.896. The molecular weight excluding hydrogens is 230 g/mol. The summed E-state index contributed by atoms with van der Waals surface area (Å²) < 4.78 is 0. The van der Waals surface area contributed by atoms with Crippen molar-refractivity contribution in [1.82, 2.24) is 9.88 Å². The lowest BCUT2D eigenvalue weighted by Crippen LogP contribution is -2.34. The van der Waals surface area contributed by atoms with Crippen molar-refractivity contribution in [3.05, 3.63) is 16.1 Å². The van der Waals surface area contributed by atoms with Crippen LogP contribution in [0.5, 0.6) is 0 Å². The van der Waals surface area contributed by atoms with Crippen molar-refractivity contribution in [1.29, 1.82) is 0 Å². The molecule has 0 saturated carbocycles. The van der Waals surface area contributed by atoms with E-state index >= 15 is 0 Å². The number of nitrogens with two attached hydrogens (primary N) is 1. The van der Waals surface area contributed by atoms with E-state index in [-0.39, 0.29) is 0 Å². The molecule has 2 rings (SSSR count). The minimum atomic E-state index is 0.570. The van der Waals surface area contributed by atoms with Gasteiger partial charge in [-0.25, -0.2) is 4.98 Å². The number of likely N-dealkylation sites (tertiary alicyclic amines) is 1. The zero-order valence-electron chi connectivity index (χ0n) is 10.9. The Labute approximate surface area is 108 Å². The Morgan fingerprint density at radius 2 is 2.18 bits per heavy atom. The number of piperidine rings is 1. The summed E-state index contributed by atoms with van der Waals surface area (Å²) in [6.45, 7) is 8.70. The van der Waals surface area contributed by atoms with E-state index in [2.05, 4.69) is 29.1 Å². The van der Waals surface area contributed by atoms with E-state index in [4.69, 9.17) is 5.73 Å². The maximum atomic E-state index is 5.58. The summed E-state index contributed by atoms with van der Waals surface area (Å²) in [5, 5.41) is 3.20. The summed E-state index contributed by atoms with van der Waals surface area (Å²) in [7, 11) is 0. The van der Waals surface area contributed by atoms with Crippen molar-refractivity contribution >= 4 is 11.3 Å². The molecule has 1 aliphatic heterocycles. The van der Waals surface area contributed by atoms with Crippen LogP contribution in [0.1, 0.15) is 37.4 Å². The molecule has 1 fully saturated rings. The number of hydrogen-bond donors (Lipinski definition) is 1. The van der Waals surface area contributed by atoms with Gasteiger partial charge in [0.15, 0.2) is 0 Å². The zero-order chi connectivity index (χ0) is 12.3.